The summed E-state index contributed by atoms with van der Waals surface area (Å²) in [5.74, 6) is 0.931. The van der Waals surface area contributed by atoms with Gasteiger partial charge in [-0.1, -0.05) is 6.07 Å². The lowest BCUT2D eigenvalue weighted by Gasteiger charge is -2.18. The standard InChI is InChI=1S/C14H18N2O2/c1-17-14-10-4-7-16-12(10)3-2-11(14)13-5-6-15-8-9-18-13/h2-4,7,13,15-16H,5-6,8-9H2,1H3. The number of aromatic nitrogens is 1. The predicted molar refractivity (Wildman–Crippen MR) is 71.0 cm³/mol. The maximum atomic E-state index is 5.90. The zero-order valence-corrected chi connectivity index (χ0v) is 10.5. The Bertz CT molecular complexity index is 528. The molecule has 0 bridgehead atoms. The zero-order valence-electron chi connectivity index (χ0n) is 10.5. The summed E-state index contributed by atoms with van der Waals surface area (Å²) in [6.45, 7) is 2.66. The van der Waals surface area contributed by atoms with Gasteiger partial charge in [0.1, 0.15) is 5.75 Å². The number of fused-ring (bicyclic) bond motifs is 1. The number of benzene rings is 1. The Morgan fingerprint density at radius 3 is 3.11 bits per heavy atom. The summed E-state index contributed by atoms with van der Waals surface area (Å²) in [4.78, 5) is 3.20. The quantitative estimate of drug-likeness (QED) is 0.854. The summed E-state index contributed by atoms with van der Waals surface area (Å²) in [6, 6.07) is 6.25. The van der Waals surface area contributed by atoms with E-state index in [-0.39, 0.29) is 6.10 Å². The molecule has 1 aromatic carbocycles. The number of ether oxygens (including phenoxy) is 2. The van der Waals surface area contributed by atoms with E-state index in [1.807, 2.05) is 12.3 Å². The molecule has 0 saturated carbocycles. The molecular weight excluding hydrogens is 228 g/mol. The van der Waals surface area contributed by atoms with Gasteiger partial charge in [-0.25, -0.2) is 0 Å². The second-order valence-electron chi connectivity index (χ2n) is 4.53. The van der Waals surface area contributed by atoms with Crippen LogP contribution in [0.2, 0.25) is 0 Å². The molecule has 18 heavy (non-hydrogen) atoms. The van der Waals surface area contributed by atoms with Gasteiger partial charge in [-0.2, -0.15) is 0 Å². The monoisotopic (exact) mass is 246 g/mol. The van der Waals surface area contributed by atoms with Gasteiger partial charge in [0, 0.05) is 29.2 Å². The summed E-state index contributed by atoms with van der Waals surface area (Å²) < 4.78 is 11.5. The highest BCUT2D eigenvalue weighted by Gasteiger charge is 2.20. The third kappa shape index (κ3) is 1.98. The van der Waals surface area contributed by atoms with E-state index in [9.17, 15) is 0 Å². The van der Waals surface area contributed by atoms with E-state index in [4.69, 9.17) is 9.47 Å². The Kier molecular flexibility index (Phi) is 3.21. The fraction of sp³-hybridized carbons (Fsp3) is 0.429. The van der Waals surface area contributed by atoms with E-state index in [1.54, 1.807) is 7.11 Å². The molecule has 2 N–H and O–H groups in total. The van der Waals surface area contributed by atoms with Crippen molar-refractivity contribution in [2.24, 2.45) is 0 Å². The molecule has 3 rings (SSSR count). The van der Waals surface area contributed by atoms with Gasteiger partial charge in [0.25, 0.3) is 0 Å². The fourth-order valence-corrected chi connectivity index (χ4v) is 2.56. The maximum Gasteiger partial charge on any atom is 0.134 e. The number of methoxy groups -OCH3 is 1. The van der Waals surface area contributed by atoms with Crippen LogP contribution in [0.3, 0.4) is 0 Å². The van der Waals surface area contributed by atoms with Crippen LogP contribution in [0.1, 0.15) is 18.1 Å². The fourth-order valence-electron chi connectivity index (χ4n) is 2.56. The van der Waals surface area contributed by atoms with Crippen LogP contribution in [0.4, 0.5) is 0 Å². The van der Waals surface area contributed by atoms with Crippen molar-refractivity contribution in [3.63, 3.8) is 0 Å². The second kappa shape index (κ2) is 5.00. The van der Waals surface area contributed by atoms with Gasteiger partial charge < -0.3 is 19.8 Å². The lowest BCUT2D eigenvalue weighted by atomic mass is 10.0. The van der Waals surface area contributed by atoms with E-state index in [0.29, 0.717) is 0 Å². The van der Waals surface area contributed by atoms with Crippen LogP contribution in [0.25, 0.3) is 10.9 Å². The summed E-state index contributed by atoms with van der Waals surface area (Å²) >= 11 is 0. The van der Waals surface area contributed by atoms with Crippen molar-refractivity contribution in [2.75, 3.05) is 26.8 Å². The molecule has 2 aromatic rings. The molecule has 1 fully saturated rings. The van der Waals surface area contributed by atoms with Gasteiger partial charge in [-0.3, -0.25) is 0 Å². The molecule has 1 unspecified atom stereocenters. The highest BCUT2D eigenvalue weighted by Crippen LogP contribution is 2.36. The van der Waals surface area contributed by atoms with Crippen molar-refractivity contribution in [1.82, 2.24) is 10.3 Å². The van der Waals surface area contributed by atoms with Crippen molar-refractivity contribution in [2.45, 2.75) is 12.5 Å². The lowest BCUT2D eigenvalue weighted by molar-refractivity contribution is 0.0627. The molecule has 0 radical (unpaired) electrons. The molecule has 96 valence electrons. The first-order chi connectivity index (χ1) is 8.90. The van der Waals surface area contributed by atoms with E-state index in [1.165, 1.54) is 0 Å². The van der Waals surface area contributed by atoms with Gasteiger partial charge in [-0.15, -0.1) is 0 Å². The molecule has 0 aliphatic carbocycles. The Hall–Kier alpha value is -1.52. The van der Waals surface area contributed by atoms with Crippen molar-refractivity contribution in [3.8, 4) is 5.75 Å². The van der Waals surface area contributed by atoms with Gasteiger partial charge >= 0.3 is 0 Å². The Morgan fingerprint density at radius 1 is 1.28 bits per heavy atom. The number of hydrogen-bond acceptors (Lipinski definition) is 3. The molecule has 1 atom stereocenters. The highest BCUT2D eigenvalue weighted by atomic mass is 16.5. The summed E-state index contributed by atoms with van der Waals surface area (Å²) in [5, 5.41) is 4.47. The summed E-state index contributed by atoms with van der Waals surface area (Å²) in [6.07, 6.45) is 3.04. The molecule has 1 aromatic heterocycles. The molecule has 2 heterocycles. The van der Waals surface area contributed by atoms with Gasteiger partial charge in [0.2, 0.25) is 0 Å². The molecule has 4 nitrogen and oxygen atoms in total. The van der Waals surface area contributed by atoms with E-state index in [0.717, 1.165) is 48.3 Å². The van der Waals surface area contributed by atoms with Gasteiger partial charge in [0.05, 0.1) is 19.8 Å². The normalized spacial score (nSPS) is 20.8. The maximum absolute atomic E-state index is 5.90. The number of aromatic amines is 1. The molecular formula is C14H18N2O2. The second-order valence-corrected chi connectivity index (χ2v) is 4.53. The molecule has 4 heteroatoms. The lowest BCUT2D eigenvalue weighted by Crippen LogP contribution is -2.16. The van der Waals surface area contributed by atoms with E-state index in [2.05, 4.69) is 22.4 Å². The van der Waals surface area contributed by atoms with Crippen molar-refractivity contribution in [3.05, 3.63) is 30.0 Å². The molecule has 1 aliphatic rings. The Balaban J connectivity index is 2.03. The van der Waals surface area contributed by atoms with E-state index < -0.39 is 0 Å². The Labute approximate surface area is 106 Å². The smallest absolute Gasteiger partial charge is 0.134 e. The number of rotatable bonds is 2. The average Bonchev–Trinajstić information content (AvgIpc) is 2.71. The molecule has 1 aliphatic heterocycles. The molecule has 1 saturated heterocycles. The van der Waals surface area contributed by atoms with Crippen LogP contribution in [-0.2, 0) is 4.74 Å². The van der Waals surface area contributed by atoms with Crippen LogP contribution >= 0.6 is 0 Å². The highest BCUT2D eigenvalue weighted by molar-refractivity contribution is 5.87. The third-order valence-corrected chi connectivity index (χ3v) is 3.45. The van der Waals surface area contributed by atoms with Gasteiger partial charge in [-0.05, 0) is 25.1 Å². The largest absolute Gasteiger partial charge is 0.496 e. The first-order valence-corrected chi connectivity index (χ1v) is 6.36. The minimum absolute atomic E-state index is 0.120. The number of nitrogens with one attached hydrogen (secondary N) is 2. The minimum Gasteiger partial charge on any atom is -0.496 e. The topological polar surface area (TPSA) is 46.3 Å². The molecule has 0 amide bonds. The van der Waals surface area contributed by atoms with E-state index >= 15 is 0 Å². The molecule has 0 spiro atoms. The SMILES string of the molecule is COc1c(C2CCNCCO2)ccc2[nH]ccc12. The Morgan fingerprint density at radius 2 is 2.22 bits per heavy atom. The summed E-state index contributed by atoms with van der Waals surface area (Å²) in [5.41, 5.74) is 2.25. The first-order valence-electron chi connectivity index (χ1n) is 6.36. The summed E-state index contributed by atoms with van der Waals surface area (Å²) in [7, 11) is 1.72. The number of H-pyrrole nitrogens is 1. The predicted octanol–water partition coefficient (Wildman–Crippen LogP) is 2.23. The van der Waals surface area contributed by atoms with Crippen LogP contribution in [-0.4, -0.2) is 31.8 Å². The van der Waals surface area contributed by atoms with Crippen molar-refractivity contribution in [1.29, 1.82) is 0 Å². The van der Waals surface area contributed by atoms with Crippen molar-refractivity contribution < 1.29 is 9.47 Å². The van der Waals surface area contributed by atoms with Crippen molar-refractivity contribution >= 4 is 10.9 Å². The van der Waals surface area contributed by atoms with Gasteiger partial charge in [0.15, 0.2) is 0 Å². The third-order valence-electron chi connectivity index (χ3n) is 3.45. The zero-order chi connectivity index (χ0) is 12.4. The van der Waals surface area contributed by atoms with Crippen LogP contribution in [0, 0.1) is 0 Å². The number of hydrogen-bond donors (Lipinski definition) is 2. The minimum atomic E-state index is 0.120. The van der Waals surface area contributed by atoms with Crippen LogP contribution in [0.15, 0.2) is 24.4 Å². The van der Waals surface area contributed by atoms with Crippen LogP contribution < -0.4 is 10.1 Å². The first kappa shape index (κ1) is 11.6. The van der Waals surface area contributed by atoms with Crippen LogP contribution in [0.5, 0.6) is 5.75 Å². The average molecular weight is 246 g/mol.